The van der Waals surface area contributed by atoms with E-state index in [1.807, 2.05) is 24.3 Å². The van der Waals surface area contributed by atoms with Crippen LogP contribution in [0.1, 0.15) is 50.7 Å². The Bertz CT molecular complexity index is 592. The molecule has 0 heterocycles. The fraction of sp³-hybridized carbons (Fsp3) is 0.400. The van der Waals surface area contributed by atoms with Crippen molar-refractivity contribution in [2.24, 2.45) is 0 Å². The smallest absolute Gasteiger partial charge is 0.306 e. The number of ether oxygens (including phenoxy) is 2. The summed E-state index contributed by atoms with van der Waals surface area (Å²) in [6.45, 7) is 4.36. The Labute approximate surface area is 143 Å². The lowest BCUT2D eigenvalue weighted by Gasteiger charge is -1.97. The van der Waals surface area contributed by atoms with Gasteiger partial charge in [0, 0.05) is 24.0 Å². The second-order valence-corrected chi connectivity index (χ2v) is 4.79. The number of esters is 2. The van der Waals surface area contributed by atoms with Crippen molar-refractivity contribution in [2.75, 3.05) is 13.2 Å². The van der Waals surface area contributed by atoms with Crippen molar-refractivity contribution in [1.29, 1.82) is 0 Å². The van der Waals surface area contributed by atoms with Crippen LogP contribution in [0.4, 0.5) is 0 Å². The Morgan fingerprint density at radius 2 is 1.17 bits per heavy atom. The van der Waals surface area contributed by atoms with Crippen LogP contribution in [-0.2, 0) is 19.1 Å². The lowest BCUT2D eigenvalue weighted by Crippen LogP contribution is -2.02. The third kappa shape index (κ3) is 8.66. The molecule has 24 heavy (non-hydrogen) atoms. The third-order valence-electron chi connectivity index (χ3n) is 2.87. The van der Waals surface area contributed by atoms with Crippen LogP contribution in [0, 0.1) is 23.7 Å². The fourth-order valence-corrected chi connectivity index (χ4v) is 1.76. The Morgan fingerprint density at radius 1 is 0.792 bits per heavy atom. The standard InChI is InChI=1S/C20H22O4/c1-3-23-19(21)11-7-5-9-17-13-15-18(16-14-17)10-6-8-12-20(22)24-4-2/h13-16H,3-4,7-8,11-12H2,1-2H3. The highest BCUT2D eigenvalue weighted by Gasteiger charge is 1.98. The van der Waals surface area contributed by atoms with Crippen molar-refractivity contribution in [3.8, 4) is 23.7 Å². The minimum absolute atomic E-state index is 0.222. The predicted octanol–water partition coefficient (Wildman–Crippen LogP) is 3.08. The Balaban J connectivity index is 2.41. The maximum absolute atomic E-state index is 11.2. The molecule has 0 bridgehead atoms. The number of carbonyl (C=O) groups is 2. The maximum Gasteiger partial charge on any atom is 0.306 e. The first kappa shape index (κ1) is 19.3. The molecule has 0 amide bonds. The Kier molecular flexibility index (Phi) is 9.50. The van der Waals surface area contributed by atoms with Gasteiger partial charge in [-0.15, -0.1) is 0 Å². The van der Waals surface area contributed by atoms with Gasteiger partial charge in [0.25, 0.3) is 0 Å². The molecule has 0 spiro atoms. The quantitative estimate of drug-likeness (QED) is 0.595. The molecule has 0 fully saturated rings. The topological polar surface area (TPSA) is 52.6 Å². The molecule has 0 aliphatic carbocycles. The molecule has 4 heteroatoms. The molecular formula is C20H22O4. The zero-order valence-corrected chi connectivity index (χ0v) is 14.2. The van der Waals surface area contributed by atoms with Crippen LogP contribution in [0.2, 0.25) is 0 Å². The summed E-state index contributed by atoms with van der Waals surface area (Å²) in [4.78, 5) is 22.3. The summed E-state index contributed by atoms with van der Waals surface area (Å²) in [5.74, 6) is 11.5. The van der Waals surface area contributed by atoms with E-state index in [2.05, 4.69) is 23.7 Å². The lowest BCUT2D eigenvalue weighted by molar-refractivity contribution is -0.143. The van der Waals surface area contributed by atoms with E-state index in [0.717, 1.165) is 11.1 Å². The van der Waals surface area contributed by atoms with Gasteiger partial charge in [0.05, 0.1) is 26.1 Å². The minimum Gasteiger partial charge on any atom is -0.466 e. The second-order valence-electron chi connectivity index (χ2n) is 4.79. The molecule has 0 aliphatic rings. The monoisotopic (exact) mass is 326 g/mol. The van der Waals surface area contributed by atoms with E-state index in [1.54, 1.807) is 13.8 Å². The lowest BCUT2D eigenvalue weighted by atomic mass is 10.1. The van der Waals surface area contributed by atoms with Crippen LogP contribution >= 0.6 is 0 Å². The summed E-state index contributed by atoms with van der Waals surface area (Å²) in [6.07, 6.45) is 1.58. The molecule has 0 radical (unpaired) electrons. The zero-order valence-electron chi connectivity index (χ0n) is 14.2. The van der Waals surface area contributed by atoms with Crippen molar-refractivity contribution in [1.82, 2.24) is 0 Å². The molecule has 4 nitrogen and oxygen atoms in total. The van der Waals surface area contributed by atoms with Crippen molar-refractivity contribution in [3.05, 3.63) is 35.4 Å². The Hall–Kier alpha value is -2.72. The van der Waals surface area contributed by atoms with E-state index in [-0.39, 0.29) is 11.9 Å². The van der Waals surface area contributed by atoms with E-state index < -0.39 is 0 Å². The summed E-state index contributed by atoms with van der Waals surface area (Å²) >= 11 is 0. The van der Waals surface area contributed by atoms with E-state index in [1.165, 1.54) is 0 Å². The molecular weight excluding hydrogens is 304 g/mol. The van der Waals surface area contributed by atoms with Crippen LogP contribution in [0.25, 0.3) is 0 Å². The van der Waals surface area contributed by atoms with Gasteiger partial charge in [0.15, 0.2) is 0 Å². The van der Waals surface area contributed by atoms with Gasteiger partial charge < -0.3 is 9.47 Å². The van der Waals surface area contributed by atoms with Crippen molar-refractivity contribution >= 4 is 11.9 Å². The van der Waals surface area contributed by atoms with Crippen molar-refractivity contribution in [3.63, 3.8) is 0 Å². The van der Waals surface area contributed by atoms with Gasteiger partial charge >= 0.3 is 11.9 Å². The molecule has 0 aliphatic heterocycles. The van der Waals surface area contributed by atoms with Crippen LogP contribution in [0.5, 0.6) is 0 Å². The Morgan fingerprint density at radius 3 is 1.50 bits per heavy atom. The summed E-state index contributed by atoms with van der Waals surface area (Å²) in [7, 11) is 0. The van der Waals surface area contributed by atoms with Gasteiger partial charge in [-0.2, -0.15) is 0 Å². The summed E-state index contributed by atoms with van der Waals surface area (Å²) in [5.41, 5.74) is 1.74. The van der Waals surface area contributed by atoms with Gasteiger partial charge in [0.2, 0.25) is 0 Å². The molecule has 126 valence electrons. The first-order valence-corrected chi connectivity index (χ1v) is 8.04. The van der Waals surface area contributed by atoms with Crippen LogP contribution in [0.3, 0.4) is 0 Å². The molecule has 0 atom stereocenters. The fourth-order valence-electron chi connectivity index (χ4n) is 1.76. The summed E-state index contributed by atoms with van der Waals surface area (Å²) < 4.78 is 9.67. The largest absolute Gasteiger partial charge is 0.466 e. The molecule has 0 N–H and O–H groups in total. The van der Waals surface area contributed by atoms with Crippen LogP contribution < -0.4 is 0 Å². The number of rotatable bonds is 6. The molecule has 0 aromatic heterocycles. The molecule has 1 aromatic carbocycles. The molecule has 0 saturated heterocycles. The molecule has 1 aromatic rings. The van der Waals surface area contributed by atoms with E-state index in [0.29, 0.717) is 38.9 Å². The summed E-state index contributed by atoms with van der Waals surface area (Å²) in [6, 6.07) is 7.53. The number of hydrogen-bond donors (Lipinski definition) is 0. The number of benzene rings is 1. The zero-order chi connectivity index (χ0) is 17.6. The van der Waals surface area contributed by atoms with Crippen molar-refractivity contribution in [2.45, 2.75) is 39.5 Å². The van der Waals surface area contributed by atoms with Gasteiger partial charge in [0.1, 0.15) is 0 Å². The van der Waals surface area contributed by atoms with E-state index in [4.69, 9.17) is 9.47 Å². The average Bonchev–Trinajstić information content (AvgIpc) is 2.57. The molecule has 1 rings (SSSR count). The van der Waals surface area contributed by atoms with E-state index >= 15 is 0 Å². The highest BCUT2D eigenvalue weighted by atomic mass is 16.5. The predicted molar refractivity (Wildman–Crippen MR) is 91.9 cm³/mol. The maximum atomic E-state index is 11.2. The third-order valence-corrected chi connectivity index (χ3v) is 2.87. The number of carbonyl (C=O) groups excluding carboxylic acids is 2. The SMILES string of the molecule is CCOC(=O)CCC#Cc1ccc(C#CCCC(=O)OCC)cc1. The minimum atomic E-state index is -0.222. The highest BCUT2D eigenvalue weighted by Crippen LogP contribution is 2.03. The normalized spacial score (nSPS) is 9.08. The van der Waals surface area contributed by atoms with Gasteiger partial charge in [-0.25, -0.2) is 0 Å². The van der Waals surface area contributed by atoms with Crippen LogP contribution in [0.15, 0.2) is 24.3 Å². The summed E-state index contributed by atoms with van der Waals surface area (Å²) in [5, 5.41) is 0. The van der Waals surface area contributed by atoms with Gasteiger partial charge in [-0.05, 0) is 38.1 Å². The molecule has 0 unspecified atom stereocenters. The average molecular weight is 326 g/mol. The first-order valence-electron chi connectivity index (χ1n) is 8.04. The van der Waals surface area contributed by atoms with Gasteiger partial charge in [-0.3, -0.25) is 9.59 Å². The van der Waals surface area contributed by atoms with Crippen LogP contribution in [-0.4, -0.2) is 25.2 Å². The van der Waals surface area contributed by atoms with E-state index in [9.17, 15) is 9.59 Å². The second kappa shape index (κ2) is 11.8. The highest BCUT2D eigenvalue weighted by molar-refractivity contribution is 5.70. The van der Waals surface area contributed by atoms with Gasteiger partial charge in [-0.1, -0.05) is 23.7 Å². The molecule has 0 saturated carbocycles. The van der Waals surface area contributed by atoms with Crippen molar-refractivity contribution < 1.29 is 19.1 Å². The first-order chi connectivity index (χ1) is 11.7. The number of hydrogen-bond acceptors (Lipinski definition) is 4.